The Bertz CT molecular complexity index is 325. The van der Waals surface area contributed by atoms with Crippen LogP contribution in [0, 0.1) is 11.3 Å². The Labute approximate surface area is 89.1 Å². The van der Waals surface area contributed by atoms with E-state index in [0.29, 0.717) is 6.42 Å². The topological polar surface area (TPSA) is 84.5 Å². The Kier molecular flexibility index (Phi) is 3.12. The second kappa shape index (κ2) is 4.00. The van der Waals surface area contributed by atoms with E-state index in [4.69, 9.17) is 5.73 Å². The van der Waals surface area contributed by atoms with Crippen LogP contribution in [0.4, 0.5) is 4.79 Å². The van der Waals surface area contributed by atoms with Gasteiger partial charge in [-0.15, -0.1) is 0 Å². The van der Waals surface area contributed by atoms with Gasteiger partial charge in [0.1, 0.15) is 11.3 Å². The minimum Gasteiger partial charge on any atom is -0.386 e. The molecule has 1 heterocycles. The monoisotopic (exact) mass is 211 g/mol. The van der Waals surface area contributed by atoms with Gasteiger partial charge in [0.05, 0.1) is 0 Å². The van der Waals surface area contributed by atoms with Crippen LogP contribution in [0.25, 0.3) is 0 Å². The van der Waals surface area contributed by atoms with E-state index in [0.717, 1.165) is 6.42 Å². The summed E-state index contributed by atoms with van der Waals surface area (Å²) < 4.78 is 0. The summed E-state index contributed by atoms with van der Waals surface area (Å²) in [5.41, 5.74) is 4.93. The molecule has 1 aliphatic heterocycles. The number of rotatable bonds is 3. The van der Waals surface area contributed by atoms with Crippen molar-refractivity contribution in [3.8, 4) is 0 Å². The number of urea groups is 1. The molecule has 0 bridgehead atoms. The highest BCUT2D eigenvalue weighted by molar-refractivity contribution is 6.18. The summed E-state index contributed by atoms with van der Waals surface area (Å²) in [7, 11) is 0. The lowest BCUT2D eigenvalue weighted by molar-refractivity contribution is -0.129. The third-order valence-electron chi connectivity index (χ3n) is 3.32. The maximum absolute atomic E-state index is 11.9. The van der Waals surface area contributed by atoms with Crippen molar-refractivity contribution < 1.29 is 9.59 Å². The normalized spacial score (nSPS) is 28.3. The van der Waals surface area contributed by atoms with Crippen molar-refractivity contribution in [3.05, 3.63) is 0 Å². The van der Waals surface area contributed by atoms with Gasteiger partial charge in [-0.3, -0.25) is 10.1 Å². The van der Waals surface area contributed by atoms with Crippen molar-refractivity contribution in [1.82, 2.24) is 5.32 Å². The third-order valence-corrected chi connectivity index (χ3v) is 3.32. The lowest BCUT2D eigenvalue weighted by atomic mass is 9.70. The Morgan fingerprint density at radius 3 is 2.47 bits per heavy atom. The summed E-state index contributed by atoms with van der Waals surface area (Å²) in [6, 6.07) is -0.662. The van der Waals surface area contributed by atoms with Gasteiger partial charge in [0, 0.05) is 0 Å². The highest BCUT2D eigenvalue weighted by Crippen LogP contribution is 2.35. The molecular weight excluding hydrogens is 194 g/mol. The molecule has 0 aliphatic carbocycles. The van der Waals surface area contributed by atoms with Crippen LogP contribution in [0.2, 0.25) is 0 Å². The fourth-order valence-electron chi connectivity index (χ4n) is 2.08. The first-order valence-electron chi connectivity index (χ1n) is 5.19. The summed E-state index contributed by atoms with van der Waals surface area (Å²) in [6.45, 7) is 5.81. The van der Waals surface area contributed by atoms with Gasteiger partial charge in [0.25, 0.3) is 0 Å². The minimum atomic E-state index is -0.817. The lowest BCUT2D eigenvalue weighted by Gasteiger charge is -2.37. The number of aliphatic imine (C=N–C) groups is 1. The van der Waals surface area contributed by atoms with E-state index in [9.17, 15) is 9.59 Å². The van der Waals surface area contributed by atoms with Gasteiger partial charge >= 0.3 is 6.03 Å². The maximum Gasteiger partial charge on any atom is 0.349 e. The summed E-state index contributed by atoms with van der Waals surface area (Å²) >= 11 is 0. The Morgan fingerprint density at radius 2 is 2.07 bits per heavy atom. The number of imide groups is 1. The van der Waals surface area contributed by atoms with Gasteiger partial charge in [-0.05, 0) is 12.3 Å². The molecule has 3 N–H and O–H groups in total. The van der Waals surface area contributed by atoms with E-state index >= 15 is 0 Å². The molecule has 3 amide bonds. The largest absolute Gasteiger partial charge is 0.386 e. The van der Waals surface area contributed by atoms with Crippen molar-refractivity contribution in [2.24, 2.45) is 22.1 Å². The van der Waals surface area contributed by atoms with E-state index in [1.807, 2.05) is 20.8 Å². The molecule has 0 saturated carbocycles. The zero-order valence-electron chi connectivity index (χ0n) is 9.33. The molecule has 0 aromatic rings. The Morgan fingerprint density at radius 1 is 1.47 bits per heavy atom. The average Bonchev–Trinajstić information content (AvgIpc) is 2.17. The first-order valence-corrected chi connectivity index (χ1v) is 5.19. The Balaban J connectivity index is 3.22. The molecule has 0 aromatic heterocycles. The van der Waals surface area contributed by atoms with Crippen LogP contribution < -0.4 is 11.1 Å². The number of carbonyl (C=O) groups excluding carboxylic acids is 2. The van der Waals surface area contributed by atoms with Gasteiger partial charge in [0.2, 0.25) is 5.91 Å². The number of amides is 3. The zero-order valence-corrected chi connectivity index (χ0v) is 9.33. The standard InChI is InChI=1S/C10H17N3O2/c1-4-6(3)10(5-2)7(11)12-9(15)13-8(10)14/h6H,4-5H2,1-3H3,(H3,11,12,13,14,15)/t6-,10-/m0/s1. The molecule has 0 aromatic carbocycles. The van der Waals surface area contributed by atoms with Crippen molar-refractivity contribution in [2.75, 3.05) is 0 Å². The maximum atomic E-state index is 11.9. The predicted octanol–water partition coefficient (Wildman–Crippen LogP) is 1.04. The predicted molar refractivity (Wildman–Crippen MR) is 57.3 cm³/mol. The summed E-state index contributed by atoms with van der Waals surface area (Å²) in [5, 5.41) is 2.22. The van der Waals surface area contributed by atoms with Crippen LogP contribution in [0.15, 0.2) is 4.99 Å². The molecule has 0 unspecified atom stereocenters. The fourth-order valence-corrected chi connectivity index (χ4v) is 2.08. The average molecular weight is 211 g/mol. The number of nitrogens with one attached hydrogen (secondary N) is 1. The lowest BCUT2D eigenvalue weighted by Crippen LogP contribution is -2.57. The first kappa shape index (κ1) is 11.7. The molecular formula is C10H17N3O2. The highest BCUT2D eigenvalue weighted by atomic mass is 16.2. The number of carbonyl (C=O) groups is 2. The number of amidine groups is 1. The molecule has 1 aliphatic rings. The van der Waals surface area contributed by atoms with Gasteiger partial charge < -0.3 is 5.73 Å². The van der Waals surface area contributed by atoms with Crippen molar-refractivity contribution >= 4 is 17.8 Å². The molecule has 5 heteroatoms. The SMILES string of the molecule is CC[C@H](C)[C@]1(CC)C(=O)NC(=O)N=C1N. The summed E-state index contributed by atoms with van der Waals surface area (Å²) in [5.74, 6) is -0.107. The van der Waals surface area contributed by atoms with E-state index in [-0.39, 0.29) is 17.7 Å². The summed E-state index contributed by atoms with van der Waals surface area (Å²) in [6.07, 6.45) is 1.36. The van der Waals surface area contributed by atoms with Gasteiger partial charge in [-0.1, -0.05) is 27.2 Å². The number of nitrogens with two attached hydrogens (primary N) is 1. The third kappa shape index (κ3) is 1.62. The first-order chi connectivity index (χ1) is 6.98. The number of nitrogens with zero attached hydrogens (tertiary/aromatic N) is 1. The van der Waals surface area contributed by atoms with Gasteiger partial charge in [-0.2, -0.15) is 4.99 Å². The molecule has 0 spiro atoms. The smallest absolute Gasteiger partial charge is 0.349 e. The molecule has 0 fully saturated rings. The van der Waals surface area contributed by atoms with Crippen molar-refractivity contribution in [1.29, 1.82) is 0 Å². The van der Waals surface area contributed by atoms with Crippen molar-refractivity contribution in [2.45, 2.75) is 33.6 Å². The highest BCUT2D eigenvalue weighted by Gasteiger charge is 2.48. The van der Waals surface area contributed by atoms with Crippen LogP contribution >= 0.6 is 0 Å². The molecule has 84 valence electrons. The Hall–Kier alpha value is -1.39. The van der Waals surface area contributed by atoms with Crippen LogP contribution in [-0.2, 0) is 4.79 Å². The van der Waals surface area contributed by atoms with Crippen LogP contribution in [0.1, 0.15) is 33.6 Å². The van der Waals surface area contributed by atoms with Crippen LogP contribution in [-0.4, -0.2) is 17.8 Å². The van der Waals surface area contributed by atoms with E-state index in [2.05, 4.69) is 10.3 Å². The molecule has 2 atom stereocenters. The zero-order chi connectivity index (χ0) is 11.6. The van der Waals surface area contributed by atoms with Crippen molar-refractivity contribution in [3.63, 3.8) is 0 Å². The molecule has 15 heavy (non-hydrogen) atoms. The number of hydrogen-bond donors (Lipinski definition) is 2. The van der Waals surface area contributed by atoms with Gasteiger partial charge in [-0.25, -0.2) is 4.79 Å². The van der Waals surface area contributed by atoms with Gasteiger partial charge in [0.15, 0.2) is 0 Å². The fraction of sp³-hybridized carbons (Fsp3) is 0.700. The van der Waals surface area contributed by atoms with E-state index < -0.39 is 11.4 Å². The molecule has 0 saturated heterocycles. The molecule has 5 nitrogen and oxygen atoms in total. The molecule has 0 radical (unpaired) electrons. The minimum absolute atomic E-state index is 0.0688. The number of hydrogen-bond acceptors (Lipinski definition) is 3. The quantitative estimate of drug-likeness (QED) is 0.731. The summed E-state index contributed by atoms with van der Waals surface area (Å²) in [4.78, 5) is 26.5. The van der Waals surface area contributed by atoms with Crippen LogP contribution in [0.3, 0.4) is 0 Å². The van der Waals surface area contributed by atoms with E-state index in [1.54, 1.807) is 0 Å². The second-order valence-electron chi connectivity index (χ2n) is 3.89. The molecule has 1 rings (SSSR count). The van der Waals surface area contributed by atoms with E-state index in [1.165, 1.54) is 0 Å². The van der Waals surface area contributed by atoms with Crippen LogP contribution in [0.5, 0.6) is 0 Å². The second-order valence-corrected chi connectivity index (χ2v) is 3.89.